The van der Waals surface area contributed by atoms with Crippen molar-refractivity contribution in [3.63, 3.8) is 0 Å². The Morgan fingerprint density at radius 2 is 1.82 bits per heavy atom. The van der Waals surface area contributed by atoms with Gasteiger partial charge in [-0.1, -0.05) is 29.8 Å². The van der Waals surface area contributed by atoms with Gasteiger partial charge in [-0.3, -0.25) is 4.79 Å². The maximum atomic E-state index is 12.8. The molecule has 1 amide bonds. The first-order chi connectivity index (χ1) is 13.3. The van der Waals surface area contributed by atoms with E-state index in [0.29, 0.717) is 36.5 Å². The van der Waals surface area contributed by atoms with E-state index in [1.165, 1.54) is 0 Å². The molecule has 0 bridgehead atoms. The fourth-order valence-corrected chi connectivity index (χ4v) is 5.47. The van der Waals surface area contributed by atoms with Crippen LogP contribution in [-0.2, 0) is 14.6 Å². The summed E-state index contributed by atoms with van der Waals surface area (Å²) < 4.78 is 25.5. The molecule has 1 saturated heterocycles. The molecule has 2 aromatic carbocycles. The molecule has 7 heteroatoms. The van der Waals surface area contributed by atoms with E-state index in [9.17, 15) is 13.2 Å². The number of sulfone groups is 1. The third-order valence-electron chi connectivity index (χ3n) is 5.14. The fraction of sp³-hybridized carbons (Fsp3) is 0.333. The fourth-order valence-electron chi connectivity index (χ4n) is 3.48. The van der Waals surface area contributed by atoms with E-state index in [-0.39, 0.29) is 22.5 Å². The van der Waals surface area contributed by atoms with E-state index in [2.05, 4.69) is 0 Å². The Hall–Kier alpha value is -2.36. The van der Waals surface area contributed by atoms with E-state index in [1.54, 1.807) is 54.3 Å². The van der Waals surface area contributed by atoms with Gasteiger partial charge in [-0.25, -0.2) is 8.42 Å². The van der Waals surface area contributed by atoms with Crippen LogP contribution in [0.3, 0.4) is 0 Å². The highest BCUT2D eigenvalue weighted by Gasteiger charge is 2.26. The minimum Gasteiger partial charge on any atom is -0.343 e. The molecule has 0 spiro atoms. The van der Waals surface area contributed by atoms with Crippen LogP contribution in [0.4, 0.5) is 0 Å². The Morgan fingerprint density at radius 3 is 2.36 bits per heavy atom. The summed E-state index contributed by atoms with van der Waals surface area (Å²) in [5.41, 5.74) is 2.02. The van der Waals surface area contributed by atoms with E-state index in [4.69, 9.17) is 16.9 Å². The van der Waals surface area contributed by atoms with Crippen molar-refractivity contribution in [3.05, 3.63) is 53.1 Å². The van der Waals surface area contributed by atoms with Crippen LogP contribution in [0.15, 0.2) is 47.4 Å². The lowest BCUT2D eigenvalue weighted by Crippen LogP contribution is -2.38. The van der Waals surface area contributed by atoms with Gasteiger partial charge in [0.1, 0.15) is 0 Å². The Balaban J connectivity index is 1.72. The number of nitriles is 1. The van der Waals surface area contributed by atoms with Crippen molar-refractivity contribution in [3.8, 4) is 17.2 Å². The van der Waals surface area contributed by atoms with Crippen LogP contribution in [-0.4, -0.2) is 38.1 Å². The second-order valence-electron chi connectivity index (χ2n) is 7.06. The predicted octanol–water partition coefficient (Wildman–Crippen LogP) is 3.91. The summed E-state index contributed by atoms with van der Waals surface area (Å²) in [7, 11) is -3.40. The lowest BCUT2D eigenvalue weighted by molar-refractivity contribution is -0.130. The highest BCUT2D eigenvalue weighted by molar-refractivity contribution is 7.91. The number of rotatable bonds is 4. The summed E-state index contributed by atoms with van der Waals surface area (Å²) in [4.78, 5) is 13.5. The minimum atomic E-state index is -3.40. The van der Waals surface area contributed by atoms with Crippen molar-refractivity contribution in [2.75, 3.05) is 18.8 Å². The Bertz CT molecular complexity index is 1020. The second kappa shape index (κ2) is 8.34. The first-order valence-corrected chi connectivity index (χ1v) is 11.1. The van der Waals surface area contributed by atoms with Gasteiger partial charge in [0.05, 0.1) is 22.3 Å². The number of benzene rings is 2. The van der Waals surface area contributed by atoms with Crippen LogP contribution < -0.4 is 0 Å². The zero-order chi connectivity index (χ0) is 20.3. The Morgan fingerprint density at radius 1 is 1.18 bits per heavy atom. The number of amides is 1. The summed E-state index contributed by atoms with van der Waals surface area (Å²) in [5.74, 6) is 0.196. The molecule has 1 heterocycles. The highest BCUT2D eigenvalue weighted by atomic mass is 35.5. The van der Waals surface area contributed by atoms with Gasteiger partial charge < -0.3 is 4.90 Å². The molecule has 0 aromatic heterocycles. The van der Waals surface area contributed by atoms with E-state index in [1.807, 2.05) is 6.07 Å². The van der Waals surface area contributed by atoms with Gasteiger partial charge in [0.2, 0.25) is 5.91 Å². The van der Waals surface area contributed by atoms with E-state index < -0.39 is 9.84 Å². The highest BCUT2D eigenvalue weighted by Crippen LogP contribution is 2.30. The Kier molecular flexibility index (Phi) is 6.07. The Labute approximate surface area is 170 Å². The molecule has 0 atom stereocenters. The number of hydrogen-bond acceptors (Lipinski definition) is 4. The summed E-state index contributed by atoms with van der Waals surface area (Å²) in [5, 5.41) is 9.38. The van der Waals surface area contributed by atoms with Gasteiger partial charge in [-0.2, -0.15) is 5.26 Å². The number of nitrogens with zero attached hydrogens (tertiary/aromatic N) is 2. The zero-order valence-electron chi connectivity index (χ0n) is 15.6. The average Bonchev–Trinajstić information content (AvgIpc) is 2.68. The zero-order valence-corrected chi connectivity index (χ0v) is 17.1. The van der Waals surface area contributed by atoms with Crippen LogP contribution in [0.5, 0.6) is 0 Å². The van der Waals surface area contributed by atoms with E-state index in [0.717, 1.165) is 11.1 Å². The molecule has 3 rings (SSSR count). The van der Waals surface area contributed by atoms with Crippen LogP contribution in [0.25, 0.3) is 11.1 Å². The first-order valence-electron chi connectivity index (χ1n) is 9.08. The monoisotopic (exact) mass is 416 g/mol. The molecule has 0 saturated carbocycles. The van der Waals surface area contributed by atoms with Gasteiger partial charge in [0.25, 0.3) is 0 Å². The molecule has 2 aromatic rings. The number of carbonyl (C=O) groups excluding carboxylic acids is 1. The van der Waals surface area contributed by atoms with E-state index >= 15 is 0 Å². The molecular formula is C21H21ClN2O3S. The lowest BCUT2D eigenvalue weighted by atomic mass is 9.99. The molecule has 28 heavy (non-hydrogen) atoms. The molecule has 146 valence electrons. The smallest absolute Gasteiger partial charge is 0.219 e. The summed E-state index contributed by atoms with van der Waals surface area (Å²) >= 11 is 6.24. The number of halogens is 1. The van der Waals surface area contributed by atoms with Gasteiger partial charge in [0.15, 0.2) is 9.84 Å². The van der Waals surface area contributed by atoms with Crippen molar-refractivity contribution in [2.45, 2.75) is 24.7 Å². The quantitative estimate of drug-likeness (QED) is 0.756. The van der Waals surface area contributed by atoms with Crippen molar-refractivity contribution in [2.24, 2.45) is 5.92 Å². The lowest BCUT2D eigenvalue weighted by Gasteiger charge is -2.31. The molecule has 5 nitrogen and oxygen atoms in total. The molecular weight excluding hydrogens is 396 g/mol. The molecule has 0 aliphatic carbocycles. The first kappa shape index (κ1) is 20.4. The summed E-state index contributed by atoms with van der Waals surface area (Å²) in [6, 6.07) is 13.7. The molecule has 1 aliphatic heterocycles. The number of carbonyl (C=O) groups is 1. The van der Waals surface area contributed by atoms with Crippen LogP contribution >= 0.6 is 11.6 Å². The molecule has 0 unspecified atom stereocenters. The van der Waals surface area contributed by atoms with Gasteiger partial charge in [-0.05, 0) is 48.6 Å². The van der Waals surface area contributed by atoms with Crippen molar-refractivity contribution in [1.29, 1.82) is 5.26 Å². The maximum Gasteiger partial charge on any atom is 0.219 e. The summed E-state index contributed by atoms with van der Waals surface area (Å²) in [6.07, 6.45) is 1.41. The molecule has 1 aliphatic rings. The van der Waals surface area contributed by atoms with Crippen molar-refractivity contribution < 1.29 is 13.2 Å². The molecule has 0 N–H and O–H groups in total. The SMILES string of the molecule is CC(=O)N1CCC(CS(=O)(=O)c2ccc(-c3ccc(C#N)cc3Cl)cc2)CC1. The number of piperidine rings is 1. The standard InChI is InChI=1S/C21H21ClN2O3S/c1-15(25)24-10-8-16(9-11-24)14-28(26,27)19-5-3-18(4-6-19)20-7-2-17(13-23)12-21(20)22/h2-7,12,16H,8-11,14H2,1H3. The molecule has 0 radical (unpaired) electrons. The number of likely N-dealkylation sites (tertiary alicyclic amines) is 1. The van der Waals surface area contributed by atoms with Crippen LogP contribution in [0.1, 0.15) is 25.3 Å². The largest absolute Gasteiger partial charge is 0.343 e. The van der Waals surface area contributed by atoms with Crippen molar-refractivity contribution >= 4 is 27.3 Å². The second-order valence-corrected chi connectivity index (χ2v) is 9.50. The third kappa shape index (κ3) is 4.54. The normalized spacial score (nSPS) is 15.2. The average molecular weight is 417 g/mol. The predicted molar refractivity (Wildman–Crippen MR) is 109 cm³/mol. The number of hydrogen-bond donors (Lipinski definition) is 0. The van der Waals surface area contributed by atoms with Crippen molar-refractivity contribution in [1.82, 2.24) is 4.90 Å². The van der Waals surface area contributed by atoms with Crippen LogP contribution in [0.2, 0.25) is 5.02 Å². The third-order valence-corrected chi connectivity index (χ3v) is 7.35. The topological polar surface area (TPSA) is 78.2 Å². The minimum absolute atomic E-state index is 0.0401. The molecule has 1 fully saturated rings. The van der Waals surface area contributed by atoms with Gasteiger partial charge in [-0.15, -0.1) is 0 Å². The maximum absolute atomic E-state index is 12.8. The van der Waals surface area contributed by atoms with Gasteiger partial charge >= 0.3 is 0 Å². The summed E-state index contributed by atoms with van der Waals surface area (Å²) in [6.45, 7) is 2.77. The van der Waals surface area contributed by atoms with Gasteiger partial charge in [0, 0.05) is 30.6 Å². The van der Waals surface area contributed by atoms with Crippen LogP contribution in [0, 0.1) is 17.2 Å².